The van der Waals surface area contributed by atoms with Gasteiger partial charge in [-0.3, -0.25) is 0 Å². The highest BCUT2D eigenvalue weighted by Gasteiger charge is 2.07. The molecule has 0 atom stereocenters. The molecule has 6 heteroatoms. The first-order valence-corrected chi connectivity index (χ1v) is 4.98. The Hall–Kier alpha value is -1.59. The highest BCUT2D eigenvalue weighted by atomic mass is 35.5. The topological polar surface area (TPSA) is 60.2 Å². The zero-order valence-electron chi connectivity index (χ0n) is 8.59. The van der Waals surface area contributed by atoms with Crippen LogP contribution < -0.4 is 4.74 Å². The lowest BCUT2D eigenvalue weighted by molar-refractivity contribution is 0.273. The maximum Gasteiger partial charge on any atom is 0.137 e. The lowest BCUT2D eigenvalue weighted by Gasteiger charge is -2.07. The van der Waals surface area contributed by atoms with Gasteiger partial charge in [0.25, 0.3) is 0 Å². The molecule has 0 unspecified atom stereocenters. The van der Waals surface area contributed by atoms with Crippen LogP contribution in [0.5, 0.6) is 5.75 Å². The van der Waals surface area contributed by atoms with Gasteiger partial charge in [0.05, 0.1) is 36.3 Å². The van der Waals surface area contributed by atoms with E-state index in [1.54, 1.807) is 25.3 Å². The molecule has 2 aromatic rings. The van der Waals surface area contributed by atoms with E-state index in [-0.39, 0.29) is 6.61 Å². The third-order valence-electron chi connectivity index (χ3n) is 2.16. The number of nitrogens with zero attached hydrogens (tertiary/aromatic N) is 3. The van der Waals surface area contributed by atoms with Gasteiger partial charge in [0, 0.05) is 0 Å². The molecular formula is C10H10ClN3O2. The second-order valence-corrected chi connectivity index (χ2v) is 3.52. The van der Waals surface area contributed by atoms with E-state index in [0.717, 1.165) is 5.69 Å². The average molecular weight is 240 g/mol. The molecule has 1 N–H and O–H groups in total. The molecule has 0 bridgehead atoms. The lowest BCUT2D eigenvalue weighted by atomic mass is 10.3. The summed E-state index contributed by atoms with van der Waals surface area (Å²) in [6, 6.07) is 5.23. The van der Waals surface area contributed by atoms with Crippen LogP contribution in [0.25, 0.3) is 5.69 Å². The van der Waals surface area contributed by atoms with Crippen LogP contribution in [-0.4, -0.2) is 27.2 Å². The summed E-state index contributed by atoms with van der Waals surface area (Å²) in [5.74, 6) is 0.594. The number of aromatic nitrogens is 3. The first-order valence-electron chi connectivity index (χ1n) is 4.60. The van der Waals surface area contributed by atoms with Crippen molar-refractivity contribution >= 4 is 11.6 Å². The van der Waals surface area contributed by atoms with Gasteiger partial charge < -0.3 is 9.84 Å². The number of methoxy groups -OCH3 is 1. The number of hydrogen-bond acceptors (Lipinski definition) is 4. The summed E-state index contributed by atoms with van der Waals surface area (Å²) in [7, 11) is 1.55. The van der Waals surface area contributed by atoms with Crippen LogP contribution in [0.3, 0.4) is 0 Å². The summed E-state index contributed by atoms with van der Waals surface area (Å²) in [5.41, 5.74) is 1.33. The van der Waals surface area contributed by atoms with Gasteiger partial charge in [-0.15, -0.1) is 5.10 Å². The van der Waals surface area contributed by atoms with Crippen LogP contribution in [0, 0.1) is 0 Å². The molecule has 16 heavy (non-hydrogen) atoms. The number of ether oxygens (including phenoxy) is 1. The Balaban J connectivity index is 2.45. The Labute approximate surface area is 97.2 Å². The van der Waals surface area contributed by atoms with Gasteiger partial charge in [0.2, 0.25) is 0 Å². The summed E-state index contributed by atoms with van der Waals surface area (Å²) in [4.78, 5) is 0. The first kappa shape index (κ1) is 10.9. The van der Waals surface area contributed by atoms with E-state index in [1.807, 2.05) is 0 Å². The molecule has 0 aliphatic heterocycles. The Bertz CT molecular complexity index is 499. The van der Waals surface area contributed by atoms with E-state index in [0.29, 0.717) is 16.5 Å². The molecule has 0 aliphatic carbocycles. The van der Waals surface area contributed by atoms with E-state index < -0.39 is 0 Å². The summed E-state index contributed by atoms with van der Waals surface area (Å²) in [6.07, 6.45) is 1.50. The van der Waals surface area contributed by atoms with Gasteiger partial charge >= 0.3 is 0 Å². The van der Waals surface area contributed by atoms with Crippen LogP contribution in [0.15, 0.2) is 24.4 Å². The number of aliphatic hydroxyl groups is 1. The number of rotatable bonds is 3. The van der Waals surface area contributed by atoms with Crippen molar-refractivity contribution in [1.29, 1.82) is 0 Å². The van der Waals surface area contributed by atoms with Crippen molar-refractivity contribution in [3.8, 4) is 11.4 Å². The van der Waals surface area contributed by atoms with E-state index in [2.05, 4.69) is 10.3 Å². The van der Waals surface area contributed by atoms with Crippen LogP contribution in [0.2, 0.25) is 5.02 Å². The fraction of sp³-hybridized carbons (Fsp3) is 0.200. The highest BCUT2D eigenvalue weighted by molar-refractivity contribution is 6.32. The normalized spacial score (nSPS) is 10.4. The van der Waals surface area contributed by atoms with Gasteiger partial charge in [-0.05, 0) is 18.2 Å². The smallest absolute Gasteiger partial charge is 0.137 e. The van der Waals surface area contributed by atoms with Crippen molar-refractivity contribution in [2.24, 2.45) is 0 Å². The van der Waals surface area contributed by atoms with Crippen LogP contribution >= 0.6 is 11.6 Å². The number of halogens is 1. The molecule has 84 valence electrons. The molecule has 0 saturated carbocycles. The van der Waals surface area contributed by atoms with Crippen LogP contribution in [0.4, 0.5) is 0 Å². The van der Waals surface area contributed by atoms with Crippen molar-refractivity contribution < 1.29 is 9.84 Å². The summed E-state index contributed by atoms with van der Waals surface area (Å²) in [6.45, 7) is -0.128. The summed E-state index contributed by atoms with van der Waals surface area (Å²) in [5, 5.41) is 17.1. The average Bonchev–Trinajstić information content (AvgIpc) is 2.77. The fourth-order valence-corrected chi connectivity index (χ4v) is 1.62. The van der Waals surface area contributed by atoms with Crippen molar-refractivity contribution in [2.45, 2.75) is 6.61 Å². The number of aliphatic hydroxyl groups excluding tert-OH is 1. The van der Waals surface area contributed by atoms with Gasteiger partial charge in [0.1, 0.15) is 5.75 Å². The maximum absolute atomic E-state index is 9.08. The Kier molecular flexibility index (Phi) is 3.07. The van der Waals surface area contributed by atoms with Crippen molar-refractivity contribution in [2.75, 3.05) is 7.11 Å². The third kappa shape index (κ3) is 1.87. The fourth-order valence-electron chi connectivity index (χ4n) is 1.37. The molecule has 0 fully saturated rings. The predicted molar refractivity (Wildman–Crippen MR) is 58.8 cm³/mol. The molecule has 0 spiro atoms. The SMILES string of the molecule is COc1ccc(-n2nncc2CO)cc1Cl. The van der Waals surface area contributed by atoms with E-state index in [4.69, 9.17) is 21.4 Å². The number of benzene rings is 1. The van der Waals surface area contributed by atoms with Gasteiger partial charge in [-0.1, -0.05) is 16.8 Å². The Morgan fingerprint density at radius 1 is 1.50 bits per heavy atom. The second kappa shape index (κ2) is 4.51. The molecule has 0 saturated heterocycles. The second-order valence-electron chi connectivity index (χ2n) is 3.11. The minimum absolute atomic E-state index is 0.128. The quantitative estimate of drug-likeness (QED) is 0.880. The van der Waals surface area contributed by atoms with Gasteiger partial charge in [-0.2, -0.15) is 0 Å². The van der Waals surface area contributed by atoms with Crippen LogP contribution in [-0.2, 0) is 6.61 Å². The molecule has 1 aromatic heterocycles. The molecule has 1 heterocycles. The maximum atomic E-state index is 9.08. The molecular weight excluding hydrogens is 230 g/mol. The highest BCUT2D eigenvalue weighted by Crippen LogP contribution is 2.26. The Morgan fingerprint density at radius 3 is 2.94 bits per heavy atom. The summed E-state index contributed by atoms with van der Waals surface area (Å²) >= 11 is 5.99. The van der Waals surface area contributed by atoms with Crippen molar-refractivity contribution in [3.63, 3.8) is 0 Å². The molecule has 0 radical (unpaired) electrons. The third-order valence-corrected chi connectivity index (χ3v) is 2.46. The standard InChI is InChI=1S/C10H10ClN3O2/c1-16-10-3-2-7(4-9(10)11)14-8(6-15)5-12-13-14/h2-5,15H,6H2,1H3. The lowest BCUT2D eigenvalue weighted by Crippen LogP contribution is -2.02. The van der Waals surface area contributed by atoms with E-state index in [9.17, 15) is 0 Å². The Morgan fingerprint density at radius 2 is 2.31 bits per heavy atom. The van der Waals surface area contributed by atoms with Crippen LogP contribution in [0.1, 0.15) is 5.69 Å². The first-order chi connectivity index (χ1) is 7.76. The number of hydrogen-bond donors (Lipinski definition) is 1. The van der Waals surface area contributed by atoms with E-state index >= 15 is 0 Å². The minimum Gasteiger partial charge on any atom is -0.495 e. The molecule has 0 amide bonds. The van der Waals surface area contributed by atoms with Crippen molar-refractivity contribution in [1.82, 2.24) is 15.0 Å². The zero-order valence-corrected chi connectivity index (χ0v) is 9.35. The minimum atomic E-state index is -0.128. The van der Waals surface area contributed by atoms with E-state index in [1.165, 1.54) is 10.9 Å². The summed E-state index contributed by atoms with van der Waals surface area (Å²) < 4.78 is 6.57. The largest absolute Gasteiger partial charge is 0.495 e. The predicted octanol–water partition coefficient (Wildman–Crippen LogP) is 1.42. The van der Waals surface area contributed by atoms with Gasteiger partial charge in [0.15, 0.2) is 0 Å². The molecule has 0 aliphatic rings. The monoisotopic (exact) mass is 239 g/mol. The molecule has 2 rings (SSSR count). The van der Waals surface area contributed by atoms with Gasteiger partial charge in [-0.25, -0.2) is 4.68 Å². The molecule has 5 nitrogen and oxygen atoms in total. The van der Waals surface area contributed by atoms with Crippen molar-refractivity contribution in [3.05, 3.63) is 35.1 Å². The molecule has 1 aromatic carbocycles. The zero-order chi connectivity index (χ0) is 11.5.